The number of amides is 1. The van der Waals surface area contributed by atoms with E-state index in [0.29, 0.717) is 31.6 Å². The predicted molar refractivity (Wildman–Crippen MR) is 116 cm³/mol. The first kappa shape index (κ1) is 22.6. The lowest BCUT2D eigenvalue weighted by Gasteiger charge is -2.32. The van der Waals surface area contributed by atoms with Crippen LogP contribution < -0.4 is 15.1 Å². The molecule has 172 valence electrons. The number of hydrogen-bond acceptors (Lipinski definition) is 4. The van der Waals surface area contributed by atoms with Gasteiger partial charge in [0.15, 0.2) is 0 Å². The highest BCUT2D eigenvalue weighted by Gasteiger charge is 2.33. The van der Waals surface area contributed by atoms with Crippen LogP contribution in [0, 0.1) is 11.7 Å². The lowest BCUT2D eigenvalue weighted by Crippen LogP contribution is -2.38. The Morgan fingerprint density at radius 1 is 1.03 bits per heavy atom. The number of aromatic nitrogens is 1. The Balaban J connectivity index is 1.37. The number of benzene rings is 1. The van der Waals surface area contributed by atoms with Gasteiger partial charge in [0.2, 0.25) is 5.91 Å². The molecule has 1 amide bonds. The van der Waals surface area contributed by atoms with E-state index >= 15 is 0 Å². The smallest absolute Gasteiger partial charge is 0.371 e. The first-order valence-electron chi connectivity index (χ1n) is 10.5. The molecule has 2 saturated heterocycles. The summed E-state index contributed by atoms with van der Waals surface area (Å²) >= 11 is 6.04. The molecule has 0 bridgehead atoms. The van der Waals surface area contributed by atoms with E-state index in [1.807, 2.05) is 0 Å². The van der Waals surface area contributed by atoms with Crippen molar-refractivity contribution in [2.45, 2.75) is 31.9 Å². The predicted octanol–water partition coefficient (Wildman–Crippen LogP) is 5.35. The van der Waals surface area contributed by atoms with E-state index in [1.54, 1.807) is 11.0 Å². The first-order chi connectivity index (χ1) is 15.2. The Kier molecular flexibility index (Phi) is 6.46. The highest BCUT2D eigenvalue weighted by atomic mass is 35.5. The zero-order valence-corrected chi connectivity index (χ0v) is 18.0. The zero-order valence-electron chi connectivity index (χ0n) is 17.3. The molecule has 3 heterocycles. The van der Waals surface area contributed by atoms with Crippen LogP contribution in [0.5, 0.6) is 0 Å². The third kappa shape index (κ3) is 5.09. The van der Waals surface area contributed by atoms with E-state index in [1.165, 1.54) is 12.1 Å². The third-order valence-electron chi connectivity index (χ3n) is 5.94. The maximum atomic E-state index is 14.1. The first-order valence-corrected chi connectivity index (χ1v) is 10.9. The molecule has 1 N–H and O–H groups in total. The van der Waals surface area contributed by atoms with Crippen LogP contribution in [0.2, 0.25) is 5.02 Å². The van der Waals surface area contributed by atoms with Crippen molar-refractivity contribution in [1.29, 1.82) is 0 Å². The number of halogens is 5. The molecule has 1 aromatic heterocycles. The van der Waals surface area contributed by atoms with Gasteiger partial charge in [0.1, 0.15) is 11.6 Å². The molecule has 0 radical (unpaired) electrons. The molecule has 0 atom stereocenters. The maximum absolute atomic E-state index is 14.1. The highest BCUT2D eigenvalue weighted by molar-refractivity contribution is 6.33. The average molecular weight is 471 g/mol. The number of pyridine rings is 1. The molecule has 32 heavy (non-hydrogen) atoms. The van der Waals surface area contributed by atoms with Gasteiger partial charge in [-0.15, -0.1) is 0 Å². The van der Waals surface area contributed by atoms with Crippen molar-refractivity contribution in [3.63, 3.8) is 0 Å². The second-order valence-corrected chi connectivity index (χ2v) is 8.58. The molecule has 2 aliphatic rings. The van der Waals surface area contributed by atoms with Gasteiger partial charge < -0.3 is 15.1 Å². The Morgan fingerprint density at radius 2 is 1.72 bits per heavy atom. The standard InChI is InChI=1S/C22H23ClF4N4O/c23-19-9-15(22(25,26)27)13-28-20(19)31-7-3-14(4-8-31)21(32)29-17-10-16(24)11-18(12-17)30-5-1-2-6-30/h9-14H,1-8H2,(H,29,32). The van der Waals surface area contributed by atoms with Crippen LogP contribution in [0.1, 0.15) is 31.2 Å². The third-order valence-corrected chi connectivity index (χ3v) is 6.21. The number of anilines is 3. The molecule has 0 spiro atoms. The fourth-order valence-corrected chi connectivity index (χ4v) is 4.51. The van der Waals surface area contributed by atoms with E-state index in [0.717, 1.165) is 43.9 Å². The summed E-state index contributed by atoms with van der Waals surface area (Å²) in [7, 11) is 0. The summed E-state index contributed by atoms with van der Waals surface area (Å²) in [6.45, 7) is 2.60. The normalized spacial score (nSPS) is 17.7. The molecule has 1 aromatic carbocycles. The monoisotopic (exact) mass is 470 g/mol. The zero-order chi connectivity index (χ0) is 22.9. The van der Waals surface area contributed by atoms with Crippen LogP contribution in [0.3, 0.4) is 0 Å². The molecule has 0 unspecified atom stereocenters. The minimum atomic E-state index is -4.51. The van der Waals surface area contributed by atoms with Crippen molar-refractivity contribution >= 4 is 34.7 Å². The van der Waals surface area contributed by atoms with Crippen molar-refractivity contribution in [1.82, 2.24) is 4.98 Å². The Morgan fingerprint density at radius 3 is 2.34 bits per heavy atom. The van der Waals surface area contributed by atoms with E-state index in [2.05, 4.69) is 15.2 Å². The second-order valence-electron chi connectivity index (χ2n) is 8.17. The molecular formula is C22H23ClF4N4O. The Labute approximate surface area is 188 Å². The van der Waals surface area contributed by atoms with Gasteiger partial charge >= 0.3 is 6.18 Å². The topological polar surface area (TPSA) is 48.5 Å². The van der Waals surface area contributed by atoms with Crippen molar-refractivity contribution < 1.29 is 22.4 Å². The van der Waals surface area contributed by atoms with E-state index in [9.17, 15) is 22.4 Å². The Hall–Kier alpha value is -2.55. The van der Waals surface area contributed by atoms with Crippen LogP contribution in [0.25, 0.3) is 0 Å². The summed E-state index contributed by atoms with van der Waals surface area (Å²) in [6, 6.07) is 5.43. The lowest BCUT2D eigenvalue weighted by atomic mass is 9.95. The van der Waals surface area contributed by atoms with Crippen LogP contribution in [-0.4, -0.2) is 37.1 Å². The van der Waals surface area contributed by atoms with Crippen LogP contribution >= 0.6 is 11.6 Å². The van der Waals surface area contributed by atoms with Gasteiger partial charge in [-0.2, -0.15) is 13.2 Å². The van der Waals surface area contributed by atoms with Gasteiger partial charge in [0, 0.05) is 49.7 Å². The van der Waals surface area contributed by atoms with E-state index in [-0.39, 0.29) is 22.7 Å². The lowest BCUT2D eigenvalue weighted by molar-refractivity contribution is -0.137. The number of nitrogens with one attached hydrogen (secondary N) is 1. The van der Waals surface area contributed by atoms with Crippen molar-refractivity contribution in [3.8, 4) is 0 Å². The van der Waals surface area contributed by atoms with Crippen LogP contribution in [0.4, 0.5) is 34.8 Å². The molecule has 4 rings (SSSR count). The van der Waals surface area contributed by atoms with Crippen LogP contribution in [-0.2, 0) is 11.0 Å². The Bertz CT molecular complexity index is 986. The van der Waals surface area contributed by atoms with Gasteiger partial charge in [-0.25, -0.2) is 9.37 Å². The number of piperidine rings is 1. The summed E-state index contributed by atoms with van der Waals surface area (Å²) in [4.78, 5) is 20.5. The summed E-state index contributed by atoms with van der Waals surface area (Å²) in [5.74, 6) is -0.617. The average Bonchev–Trinajstić information content (AvgIpc) is 3.28. The molecule has 2 aromatic rings. The largest absolute Gasteiger partial charge is 0.417 e. The van der Waals surface area contributed by atoms with E-state index in [4.69, 9.17) is 11.6 Å². The van der Waals surface area contributed by atoms with Crippen molar-refractivity contribution in [2.75, 3.05) is 41.3 Å². The van der Waals surface area contributed by atoms with Gasteiger partial charge in [-0.1, -0.05) is 11.6 Å². The molecule has 0 aliphatic carbocycles. The SMILES string of the molecule is O=C(Nc1cc(F)cc(N2CCCC2)c1)C1CCN(c2ncc(C(F)(F)F)cc2Cl)CC1. The summed E-state index contributed by atoms with van der Waals surface area (Å²) in [6.07, 6.45) is -0.644. The van der Waals surface area contributed by atoms with Gasteiger partial charge in [-0.3, -0.25) is 4.79 Å². The number of alkyl halides is 3. The molecule has 5 nitrogen and oxygen atoms in total. The molecular weight excluding hydrogens is 448 g/mol. The molecule has 2 fully saturated rings. The molecule has 0 saturated carbocycles. The number of hydrogen-bond donors (Lipinski definition) is 1. The number of carbonyl (C=O) groups is 1. The maximum Gasteiger partial charge on any atom is 0.417 e. The summed E-state index contributed by atoms with van der Waals surface area (Å²) in [5, 5.41) is 2.74. The van der Waals surface area contributed by atoms with Crippen LogP contribution in [0.15, 0.2) is 30.5 Å². The van der Waals surface area contributed by atoms with Gasteiger partial charge in [0.05, 0.1) is 10.6 Å². The fourth-order valence-electron chi connectivity index (χ4n) is 4.22. The number of carbonyl (C=O) groups excluding carboxylic acids is 1. The van der Waals surface area contributed by atoms with Gasteiger partial charge in [-0.05, 0) is 49.9 Å². The molecule has 10 heteroatoms. The van der Waals surface area contributed by atoms with Crippen molar-refractivity contribution in [2.24, 2.45) is 5.92 Å². The second kappa shape index (κ2) is 9.13. The summed E-state index contributed by atoms with van der Waals surface area (Å²) in [5.41, 5.74) is 0.284. The fraction of sp³-hybridized carbons (Fsp3) is 0.455. The van der Waals surface area contributed by atoms with E-state index < -0.39 is 17.6 Å². The quantitative estimate of drug-likeness (QED) is 0.612. The summed E-state index contributed by atoms with van der Waals surface area (Å²) < 4.78 is 52.5. The minimum Gasteiger partial charge on any atom is -0.371 e. The number of rotatable bonds is 4. The van der Waals surface area contributed by atoms with Gasteiger partial charge in [0.25, 0.3) is 0 Å². The highest BCUT2D eigenvalue weighted by Crippen LogP contribution is 2.35. The minimum absolute atomic E-state index is 0.0723. The number of nitrogens with zero attached hydrogens (tertiary/aromatic N) is 3. The van der Waals surface area contributed by atoms with Crippen molar-refractivity contribution in [3.05, 3.63) is 46.9 Å². The molecule has 2 aliphatic heterocycles.